The van der Waals surface area contributed by atoms with E-state index in [1.165, 1.54) is 11.3 Å². The lowest BCUT2D eigenvalue weighted by Crippen LogP contribution is -2.46. The van der Waals surface area contributed by atoms with Gasteiger partial charge in [-0.3, -0.25) is 5.32 Å². The van der Waals surface area contributed by atoms with E-state index < -0.39 is 18.0 Å². The first kappa shape index (κ1) is 13.4. The normalized spacial score (nSPS) is 13.8. The highest BCUT2D eigenvalue weighted by Gasteiger charge is 2.25. The molecule has 1 heterocycles. The third-order valence-corrected chi connectivity index (χ3v) is 3.11. The van der Waals surface area contributed by atoms with E-state index in [0.717, 1.165) is 0 Å². The van der Waals surface area contributed by atoms with Crippen LogP contribution in [0.25, 0.3) is 0 Å². The van der Waals surface area contributed by atoms with E-state index in [2.05, 4.69) is 15.6 Å². The van der Waals surface area contributed by atoms with Crippen LogP contribution in [0.3, 0.4) is 0 Å². The lowest BCUT2D eigenvalue weighted by molar-refractivity contribution is -0.140. The van der Waals surface area contributed by atoms with Crippen LogP contribution in [0.15, 0.2) is 11.6 Å². The summed E-state index contributed by atoms with van der Waals surface area (Å²) >= 11 is 1.27. The Labute approximate surface area is 103 Å². The van der Waals surface area contributed by atoms with Crippen LogP contribution in [0.1, 0.15) is 20.3 Å². The number of hydrogen-bond acceptors (Lipinski definition) is 4. The summed E-state index contributed by atoms with van der Waals surface area (Å²) in [5.41, 5.74) is 0. The lowest BCUT2D eigenvalue weighted by Gasteiger charge is -2.19. The standard InChI is InChI=1S/C10H15N3O3S/c1-3-6(2)7(8(14)15)12-9(16)13-10-11-4-5-17-10/h4-7H,3H2,1-2H3,(H,14,15)(H2,11,12,13,16)/t6-,7-/m0/s1. The molecule has 0 saturated carbocycles. The zero-order valence-electron chi connectivity index (χ0n) is 9.64. The number of hydrogen-bond donors (Lipinski definition) is 3. The van der Waals surface area contributed by atoms with Gasteiger partial charge in [0, 0.05) is 11.6 Å². The van der Waals surface area contributed by atoms with Gasteiger partial charge in [0.2, 0.25) is 0 Å². The first-order valence-corrected chi connectivity index (χ1v) is 6.12. The van der Waals surface area contributed by atoms with E-state index in [1.54, 1.807) is 18.5 Å². The summed E-state index contributed by atoms with van der Waals surface area (Å²) in [6.45, 7) is 3.66. The number of aliphatic carboxylic acids is 1. The molecule has 1 aromatic heterocycles. The third kappa shape index (κ3) is 4.03. The predicted octanol–water partition coefficient (Wildman–Crippen LogP) is 1.76. The summed E-state index contributed by atoms with van der Waals surface area (Å²) in [6, 6.07) is -1.44. The third-order valence-electron chi connectivity index (χ3n) is 2.42. The van der Waals surface area contributed by atoms with Crippen LogP contribution in [-0.4, -0.2) is 28.1 Å². The summed E-state index contributed by atoms with van der Waals surface area (Å²) in [4.78, 5) is 26.4. The number of nitrogens with one attached hydrogen (secondary N) is 2. The number of urea groups is 1. The first-order chi connectivity index (χ1) is 8.04. The second-order valence-corrected chi connectivity index (χ2v) is 4.53. The SMILES string of the molecule is CC[C@H](C)[C@H](NC(=O)Nc1nccs1)C(=O)O. The van der Waals surface area contributed by atoms with Crippen LogP contribution >= 0.6 is 11.3 Å². The van der Waals surface area contributed by atoms with Crippen molar-refractivity contribution in [3.63, 3.8) is 0 Å². The largest absolute Gasteiger partial charge is 0.480 e. The van der Waals surface area contributed by atoms with E-state index in [1.807, 2.05) is 6.92 Å². The van der Waals surface area contributed by atoms with Crippen molar-refractivity contribution in [1.29, 1.82) is 0 Å². The molecule has 1 aromatic rings. The molecule has 94 valence electrons. The zero-order valence-corrected chi connectivity index (χ0v) is 10.5. The number of nitrogens with zero attached hydrogens (tertiary/aromatic N) is 1. The number of aromatic nitrogens is 1. The minimum absolute atomic E-state index is 0.130. The molecule has 0 spiro atoms. The Hall–Kier alpha value is -1.63. The van der Waals surface area contributed by atoms with Gasteiger partial charge in [-0.2, -0.15) is 0 Å². The Morgan fingerprint density at radius 1 is 1.59 bits per heavy atom. The molecule has 0 aliphatic heterocycles. The fourth-order valence-electron chi connectivity index (χ4n) is 1.24. The number of amides is 2. The predicted molar refractivity (Wildman–Crippen MR) is 65.1 cm³/mol. The zero-order chi connectivity index (χ0) is 12.8. The number of rotatable bonds is 5. The minimum Gasteiger partial charge on any atom is -0.480 e. The average molecular weight is 257 g/mol. The summed E-state index contributed by atoms with van der Waals surface area (Å²) in [7, 11) is 0. The van der Waals surface area contributed by atoms with E-state index in [0.29, 0.717) is 11.6 Å². The summed E-state index contributed by atoms with van der Waals surface area (Å²) in [5, 5.41) is 16.1. The van der Waals surface area contributed by atoms with Crippen LogP contribution < -0.4 is 10.6 Å². The second-order valence-electron chi connectivity index (χ2n) is 3.64. The maximum Gasteiger partial charge on any atom is 0.326 e. The van der Waals surface area contributed by atoms with Gasteiger partial charge >= 0.3 is 12.0 Å². The fourth-order valence-corrected chi connectivity index (χ4v) is 1.77. The van der Waals surface area contributed by atoms with Gasteiger partial charge < -0.3 is 10.4 Å². The molecule has 0 fully saturated rings. The number of thiazole rings is 1. The van der Waals surface area contributed by atoms with Crippen molar-refractivity contribution in [3.05, 3.63) is 11.6 Å². The van der Waals surface area contributed by atoms with Crippen molar-refractivity contribution in [1.82, 2.24) is 10.3 Å². The van der Waals surface area contributed by atoms with Crippen molar-refractivity contribution in [2.75, 3.05) is 5.32 Å². The van der Waals surface area contributed by atoms with Gasteiger partial charge in [0.15, 0.2) is 5.13 Å². The Kier molecular flexibility index (Phi) is 4.89. The van der Waals surface area contributed by atoms with Crippen LogP contribution in [0.2, 0.25) is 0 Å². The number of carbonyl (C=O) groups is 2. The van der Waals surface area contributed by atoms with Crippen LogP contribution in [-0.2, 0) is 4.79 Å². The molecule has 0 saturated heterocycles. The molecule has 1 rings (SSSR count). The maximum atomic E-state index is 11.5. The van der Waals surface area contributed by atoms with Gasteiger partial charge in [0.25, 0.3) is 0 Å². The van der Waals surface area contributed by atoms with Crippen LogP contribution in [0, 0.1) is 5.92 Å². The Morgan fingerprint density at radius 3 is 2.76 bits per heavy atom. The van der Waals surface area contributed by atoms with E-state index in [4.69, 9.17) is 5.11 Å². The van der Waals surface area contributed by atoms with Crippen molar-refractivity contribution in [3.8, 4) is 0 Å². The molecular weight excluding hydrogens is 242 g/mol. The van der Waals surface area contributed by atoms with E-state index in [9.17, 15) is 9.59 Å². The molecular formula is C10H15N3O3S. The van der Waals surface area contributed by atoms with E-state index in [-0.39, 0.29) is 5.92 Å². The van der Waals surface area contributed by atoms with Crippen molar-refractivity contribution >= 4 is 28.5 Å². The molecule has 0 aromatic carbocycles. The molecule has 6 nitrogen and oxygen atoms in total. The molecule has 3 N–H and O–H groups in total. The Bertz CT molecular complexity index is 380. The highest BCUT2D eigenvalue weighted by molar-refractivity contribution is 7.13. The van der Waals surface area contributed by atoms with Gasteiger partial charge in [-0.25, -0.2) is 14.6 Å². The van der Waals surface area contributed by atoms with Gasteiger partial charge in [-0.15, -0.1) is 11.3 Å². The highest BCUT2D eigenvalue weighted by atomic mass is 32.1. The highest BCUT2D eigenvalue weighted by Crippen LogP contribution is 2.11. The minimum atomic E-state index is -1.03. The van der Waals surface area contributed by atoms with Gasteiger partial charge in [0.1, 0.15) is 6.04 Å². The summed E-state index contributed by atoms with van der Waals surface area (Å²) in [5.74, 6) is -1.16. The van der Waals surface area contributed by atoms with E-state index >= 15 is 0 Å². The second kappa shape index (κ2) is 6.19. The maximum absolute atomic E-state index is 11.5. The van der Waals surface area contributed by atoms with Gasteiger partial charge in [-0.1, -0.05) is 20.3 Å². The number of carbonyl (C=O) groups excluding carboxylic acids is 1. The quantitative estimate of drug-likeness (QED) is 0.749. The molecule has 17 heavy (non-hydrogen) atoms. The number of carboxylic acids is 1. The van der Waals surface area contributed by atoms with Gasteiger partial charge in [-0.05, 0) is 5.92 Å². The molecule has 0 radical (unpaired) electrons. The molecule has 2 amide bonds. The first-order valence-electron chi connectivity index (χ1n) is 5.24. The Balaban J connectivity index is 2.55. The molecule has 7 heteroatoms. The fraction of sp³-hybridized carbons (Fsp3) is 0.500. The van der Waals surface area contributed by atoms with Crippen LogP contribution in [0.4, 0.5) is 9.93 Å². The topological polar surface area (TPSA) is 91.3 Å². The van der Waals surface area contributed by atoms with Crippen molar-refractivity contribution in [2.45, 2.75) is 26.3 Å². The monoisotopic (exact) mass is 257 g/mol. The van der Waals surface area contributed by atoms with Crippen molar-refractivity contribution < 1.29 is 14.7 Å². The number of carboxylic acid groups (broad SMARTS) is 1. The molecule has 0 unspecified atom stereocenters. The summed E-state index contributed by atoms with van der Waals surface area (Å²) in [6.07, 6.45) is 2.23. The molecule has 2 atom stereocenters. The van der Waals surface area contributed by atoms with Crippen molar-refractivity contribution in [2.24, 2.45) is 5.92 Å². The smallest absolute Gasteiger partial charge is 0.326 e. The van der Waals surface area contributed by atoms with Gasteiger partial charge in [0.05, 0.1) is 0 Å². The number of anilines is 1. The average Bonchev–Trinajstić information content (AvgIpc) is 2.77. The molecule has 0 bridgehead atoms. The molecule has 0 aliphatic rings. The lowest BCUT2D eigenvalue weighted by atomic mass is 10.00. The Morgan fingerprint density at radius 2 is 2.29 bits per heavy atom. The molecule has 0 aliphatic carbocycles. The van der Waals surface area contributed by atoms with Crippen LogP contribution in [0.5, 0.6) is 0 Å². The summed E-state index contributed by atoms with van der Waals surface area (Å²) < 4.78 is 0.